The summed E-state index contributed by atoms with van der Waals surface area (Å²) in [7, 11) is 0. The van der Waals surface area contributed by atoms with E-state index >= 15 is 0 Å². The molecular formula is C16H19FN2OS. The van der Waals surface area contributed by atoms with Crippen LogP contribution in [0, 0.1) is 5.82 Å². The number of carbonyl (C=O) groups excluding carboxylic acids is 1. The third kappa shape index (κ3) is 4.93. The molecule has 0 bridgehead atoms. The van der Waals surface area contributed by atoms with E-state index in [1.165, 1.54) is 12.1 Å². The molecule has 0 unspecified atom stereocenters. The zero-order chi connectivity index (χ0) is 15.2. The van der Waals surface area contributed by atoms with Crippen LogP contribution in [0.25, 0.3) is 0 Å². The number of aromatic nitrogens is 1. The summed E-state index contributed by atoms with van der Waals surface area (Å²) in [6.07, 6.45) is 0.891. The molecule has 0 radical (unpaired) electrons. The Bertz CT molecular complexity index is 610. The number of nitrogens with one attached hydrogen (secondary N) is 1. The molecule has 1 amide bonds. The van der Waals surface area contributed by atoms with Crippen molar-refractivity contribution in [2.24, 2.45) is 0 Å². The van der Waals surface area contributed by atoms with Crippen LogP contribution in [-0.2, 0) is 17.8 Å². The van der Waals surface area contributed by atoms with Crippen molar-refractivity contribution in [1.82, 2.24) is 10.3 Å². The second-order valence-electron chi connectivity index (χ2n) is 5.24. The first-order valence-electron chi connectivity index (χ1n) is 7.00. The van der Waals surface area contributed by atoms with Gasteiger partial charge in [-0.3, -0.25) is 4.79 Å². The highest BCUT2D eigenvalue weighted by atomic mass is 32.1. The number of carbonyl (C=O) groups is 1. The molecule has 1 aromatic carbocycles. The molecule has 21 heavy (non-hydrogen) atoms. The lowest BCUT2D eigenvalue weighted by molar-refractivity contribution is -0.121. The minimum Gasteiger partial charge on any atom is -0.350 e. The zero-order valence-electron chi connectivity index (χ0n) is 12.2. The summed E-state index contributed by atoms with van der Waals surface area (Å²) in [6, 6.07) is 6.34. The number of hydrogen-bond acceptors (Lipinski definition) is 3. The van der Waals surface area contributed by atoms with Crippen molar-refractivity contribution in [3.8, 4) is 0 Å². The number of thiazole rings is 1. The number of aryl methyl sites for hydroxylation is 1. The molecule has 5 heteroatoms. The Morgan fingerprint density at radius 2 is 2.24 bits per heavy atom. The maximum absolute atomic E-state index is 13.0. The molecule has 3 nitrogen and oxygen atoms in total. The summed E-state index contributed by atoms with van der Waals surface area (Å²) in [5, 5.41) is 5.90. The lowest BCUT2D eigenvalue weighted by atomic mass is 10.1. The van der Waals surface area contributed by atoms with Crippen LogP contribution in [0.1, 0.15) is 42.5 Å². The highest BCUT2D eigenvalue weighted by Crippen LogP contribution is 2.18. The van der Waals surface area contributed by atoms with Gasteiger partial charge in [0.1, 0.15) is 5.82 Å². The molecular weight excluding hydrogens is 287 g/mol. The van der Waals surface area contributed by atoms with Crippen molar-refractivity contribution < 1.29 is 9.18 Å². The Morgan fingerprint density at radius 1 is 1.43 bits per heavy atom. The van der Waals surface area contributed by atoms with Crippen molar-refractivity contribution >= 4 is 17.2 Å². The average Bonchev–Trinajstić information content (AvgIpc) is 2.92. The largest absolute Gasteiger partial charge is 0.350 e. The lowest BCUT2D eigenvalue weighted by Gasteiger charge is -2.04. The summed E-state index contributed by atoms with van der Waals surface area (Å²) in [5.74, 6) is 0.0994. The van der Waals surface area contributed by atoms with Crippen molar-refractivity contribution in [3.63, 3.8) is 0 Å². The molecule has 1 aromatic heterocycles. The Morgan fingerprint density at radius 3 is 2.90 bits per heavy atom. The number of hydrogen-bond donors (Lipinski definition) is 1. The number of amides is 1. The molecule has 0 atom stereocenters. The van der Waals surface area contributed by atoms with Crippen molar-refractivity contribution in [2.75, 3.05) is 0 Å². The summed E-state index contributed by atoms with van der Waals surface area (Å²) >= 11 is 1.62. The molecule has 0 fully saturated rings. The quantitative estimate of drug-likeness (QED) is 0.885. The Balaban J connectivity index is 1.76. The smallest absolute Gasteiger partial charge is 0.220 e. The van der Waals surface area contributed by atoms with E-state index in [9.17, 15) is 9.18 Å². The van der Waals surface area contributed by atoms with Gasteiger partial charge in [0.25, 0.3) is 0 Å². The molecule has 2 rings (SSSR count). The van der Waals surface area contributed by atoms with Crippen LogP contribution in [0.4, 0.5) is 4.39 Å². The van der Waals surface area contributed by atoms with Gasteiger partial charge in [0, 0.05) is 17.7 Å². The van der Waals surface area contributed by atoms with E-state index in [0.29, 0.717) is 25.3 Å². The van der Waals surface area contributed by atoms with Crippen molar-refractivity contribution in [1.29, 1.82) is 0 Å². The summed E-state index contributed by atoms with van der Waals surface area (Å²) in [5.41, 5.74) is 1.73. The first-order valence-corrected chi connectivity index (χ1v) is 7.88. The van der Waals surface area contributed by atoms with E-state index in [4.69, 9.17) is 0 Å². The standard InChI is InChI=1S/C16H19FN2OS/c1-11(2)16-19-14(10-21-16)9-18-15(20)7-6-12-4-3-5-13(17)8-12/h3-5,8,10-11H,6-7,9H2,1-2H3,(H,18,20). The first kappa shape index (κ1) is 15.6. The Labute approximate surface area is 128 Å². The average molecular weight is 306 g/mol. The lowest BCUT2D eigenvalue weighted by Crippen LogP contribution is -2.23. The number of halogens is 1. The SMILES string of the molecule is CC(C)c1nc(CNC(=O)CCc2cccc(F)c2)cs1. The second-order valence-corrected chi connectivity index (χ2v) is 6.13. The van der Waals surface area contributed by atoms with Crippen LogP contribution in [0.3, 0.4) is 0 Å². The molecule has 0 aliphatic rings. The predicted molar refractivity (Wildman–Crippen MR) is 82.8 cm³/mol. The van der Waals surface area contributed by atoms with Crippen molar-refractivity contribution in [2.45, 2.75) is 39.2 Å². The Kier molecular flexibility index (Phi) is 5.44. The molecule has 0 saturated heterocycles. The van der Waals surface area contributed by atoms with Gasteiger partial charge >= 0.3 is 0 Å². The molecule has 2 aromatic rings. The maximum atomic E-state index is 13.0. The van der Waals surface area contributed by atoms with E-state index in [1.54, 1.807) is 17.4 Å². The van der Waals surface area contributed by atoms with Crippen LogP contribution in [0.2, 0.25) is 0 Å². The van der Waals surface area contributed by atoms with E-state index in [-0.39, 0.29) is 11.7 Å². The molecule has 1 N–H and O–H groups in total. The van der Waals surface area contributed by atoms with Gasteiger partial charge in [-0.1, -0.05) is 26.0 Å². The van der Waals surface area contributed by atoms with Crippen LogP contribution >= 0.6 is 11.3 Å². The molecule has 0 aliphatic carbocycles. The van der Waals surface area contributed by atoms with Gasteiger partial charge in [0.15, 0.2) is 0 Å². The van der Waals surface area contributed by atoms with E-state index < -0.39 is 0 Å². The summed E-state index contributed by atoms with van der Waals surface area (Å²) in [6.45, 7) is 4.64. The topological polar surface area (TPSA) is 42.0 Å². The fourth-order valence-corrected chi connectivity index (χ4v) is 2.73. The fraction of sp³-hybridized carbons (Fsp3) is 0.375. The molecule has 1 heterocycles. The van der Waals surface area contributed by atoms with Gasteiger partial charge in [0.05, 0.1) is 17.2 Å². The van der Waals surface area contributed by atoms with Crippen LogP contribution < -0.4 is 5.32 Å². The normalized spacial score (nSPS) is 10.9. The van der Waals surface area contributed by atoms with E-state index in [1.807, 2.05) is 11.4 Å². The monoisotopic (exact) mass is 306 g/mol. The highest BCUT2D eigenvalue weighted by molar-refractivity contribution is 7.09. The fourth-order valence-electron chi connectivity index (χ4n) is 1.90. The minimum absolute atomic E-state index is 0.0432. The summed E-state index contributed by atoms with van der Waals surface area (Å²) < 4.78 is 13.0. The number of rotatable bonds is 6. The third-order valence-corrected chi connectivity index (χ3v) is 4.25. The summed E-state index contributed by atoms with van der Waals surface area (Å²) in [4.78, 5) is 16.3. The van der Waals surface area contributed by atoms with Crippen LogP contribution in [-0.4, -0.2) is 10.9 Å². The van der Waals surface area contributed by atoms with Gasteiger partial charge in [-0.05, 0) is 24.1 Å². The third-order valence-electron chi connectivity index (χ3n) is 3.06. The Hall–Kier alpha value is -1.75. The minimum atomic E-state index is -0.267. The predicted octanol–water partition coefficient (Wildman–Crippen LogP) is 3.65. The van der Waals surface area contributed by atoms with Gasteiger partial charge in [-0.15, -0.1) is 11.3 Å². The van der Waals surface area contributed by atoms with Gasteiger partial charge < -0.3 is 5.32 Å². The number of benzene rings is 1. The van der Waals surface area contributed by atoms with Gasteiger partial charge in [-0.2, -0.15) is 0 Å². The molecule has 0 spiro atoms. The van der Waals surface area contributed by atoms with Crippen molar-refractivity contribution in [3.05, 3.63) is 51.7 Å². The molecule has 0 saturated carbocycles. The zero-order valence-corrected chi connectivity index (χ0v) is 13.0. The first-order chi connectivity index (χ1) is 10.0. The van der Waals surface area contributed by atoms with Gasteiger partial charge in [0.2, 0.25) is 5.91 Å². The van der Waals surface area contributed by atoms with E-state index in [2.05, 4.69) is 24.1 Å². The van der Waals surface area contributed by atoms with E-state index in [0.717, 1.165) is 16.3 Å². The highest BCUT2D eigenvalue weighted by Gasteiger charge is 2.07. The second kappa shape index (κ2) is 7.31. The van der Waals surface area contributed by atoms with Crippen LogP contribution in [0.5, 0.6) is 0 Å². The molecule has 0 aliphatic heterocycles. The molecule has 112 valence electrons. The maximum Gasteiger partial charge on any atom is 0.220 e. The van der Waals surface area contributed by atoms with Gasteiger partial charge in [-0.25, -0.2) is 9.37 Å². The van der Waals surface area contributed by atoms with Crippen LogP contribution in [0.15, 0.2) is 29.6 Å². The number of nitrogens with zero attached hydrogens (tertiary/aromatic N) is 1.